The molecule has 0 radical (unpaired) electrons. The van der Waals surface area contributed by atoms with Gasteiger partial charge in [-0.15, -0.1) is 0 Å². The van der Waals surface area contributed by atoms with Gasteiger partial charge >= 0.3 is 0 Å². The first kappa shape index (κ1) is 12.0. The molecule has 0 fully saturated rings. The molecule has 0 bridgehead atoms. The first-order valence-corrected chi connectivity index (χ1v) is 7.27. The molecule has 2 unspecified atom stereocenters. The topological polar surface area (TPSA) is 21.3 Å². The molecule has 1 N–H and O–H groups in total. The van der Waals surface area contributed by atoms with Gasteiger partial charge in [0.05, 0.1) is 7.11 Å². The third-order valence-electron chi connectivity index (χ3n) is 4.48. The van der Waals surface area contributed by atoms with Crippen LogP contribution in [-0.4, -0.2) is 13.7 Å². The zero-order chi connectivity index (χ0) is 12.5. The third-order valence-corrected chi connectivity index (χ3v) is 4.48. The van der Waals surface area contributed by atoms with Crippen LogP contribution in [0.5, 0.6) is 5.75 Å². The smallest absolute Gasteiger partial charge is 0.119 e. The van der Waals surface area contributed by atoms with Gasteiger partial charge in [-0.2, -0.15) is 0 Å². The van der Waals surface area contributed by atoms with E-state index in [1.807, 2.05) is 0 Å². The molecule has 0 amide bonds. The van der Waals surface area contributed by atoms with Gasteiger partial charge in [-0.05, 0) is 60.4 Å². The molecule has 1 aromatic carbocycles. The lowest BCUT2D eigenvalue weighted by Gasteiger charge is -2.37. The van der Waals surface area contributed by atoms with Crippen LogP contribution in [0.4, 0.5) is 0 Å². The van der Waals surface area contributed by atoms with Crippen molar-refractivity contribution >= 4 is 0 Å². The van der Waals surface area contributed by atoms with Crippen molar-refractivity contribution in [3.63, 3.8) is 0 Å². The molecule has 0 saturated heterocycles. The Labute approximate surface area is 110 Å². The van der Waals surface area contributed by atoms with Crippen LogP contribution in [0.15, 0.2) is 12.1 Å². The minimum atomic E-state index is 0.535. The summed E-state index contributed by atoms with van der Waals surface area (Å²) < 4.78 is 5.48. The van der Waals surface area contributed by atoms with E-state index < -0.39 is 0 Å². The lowest BCUT2D eigenvalue weighted by atomic mass is 9.75. The summed E-state index contributed by atoms with van der Waals surface area (Å²) >= 11 is 0. The van der Waals surface area contributed by atoms with Crippen LogP contribution in [-0.2, 0) is 6.42 Å². The quantitative estimate of drug-likeness (QED) is 0.879. The lowest BCUT2D eigenvalue weighted by Crippen LogP contribution is -2.35. The number of ether oxygens (including phenoxy) is 1. The molecule has 3 rings (SSSR count). The second kappa shape index (κ2) is 4.93. The van der Waals surface area contributed by atoms with E-state index in [0.29, 0.717) is 6.04 Å². The number of hydrogen-bond acceptors (Lipinski definition) is 2. The summed E-state index contributed by atoms with van der Waals surface area (Å²) in [5.74, 6) is 1.77. The van der Waals surface area contributed by atoms with Gasteiger partial charge in [0, 0.05) is 12.6 Å². The van der Waals surface area contributed by atoms with Crippen molar-refractivity contribution in [2.75, 3.05) is 13.7 Å². The molecule has 0 aromatic heterocycles. The van der Waals surface area contributed by atoms with Gasteiger partial charge in [0.2, 0.25) is 0 Å². The number of hydrogen-bond donors (Lipinski definition) is 1. The van der Waals surface area contributed by atoms with Crippen LogP contribution < -0.4 is 10.1 Å². The maximum atomic E-state index is 5.48. The van der Waals surface area contributed by atoms with E-state index in [0.717, 1.165) is 18.2 Å². The van der Waals surface area contributed by atoms with Crippen molar-refractivity contribution in [1.29, 1.82) is 0 Å². The second-order valence-electron chi connectivity index (χ2n) is 5.63. The predicted molar refractivity (Wildman–Crippen MR) is 74.3 cm³/mol. The Kier molecular flexibility index (Phi) is 3.29. The Morgan fingerprint density at radius 3 is 3.06 bits per heavy atom. The number of nitrogens with one attached hydrogen (secondary N) is 1. The highest BCUT2D eigenvalue weighted by Crippen LogP contribution is 2.42. The summed E-state index contributed by atoms with van der Waals surface area (Å²) in [5, 5.41) is 3.73. The largest absolute Gasteiger partial charge is 0.497 e. The summed E-state index contributed by atoms with van der Waals surface area (Å²) in [7, 11) is 1.78. The predicted octanol–water partition coefficient (Wildman–Crippen LogP) is 3.56. The molecule has 1 heterocycles. The van der Waals surface area contributed by atoms with Gasteiger partial charge < -0.3 is 10.1 Å². The number of benzene rings is 1. The molecule has 1 aromatic rings. The molecular weight excluding hydrogens is 222 g/mol. The number of aryl methyl sites for hydroxylation is 1. The van der Waals surface area contributed by atoms with Crippen molar-refractivity contribution in [2.45, 2.75) is 51.0 Å². The van der Waals surface area contributed by atoms with Crippen LogP contribution in [0.2, 0.25) is 0 Å². The summed E-state index contributed by atoms with van der Waals surface area (Å²) in [4.78, 5) is 0. The molecule has 0 saturated carbocycles. The molecule has 2 heteroatoms. The van der Waals surface area contributed by atoms with E-state index in [1.165, 1.54) is 37.7 Å². The average molecular weight is 245 g/mol. The standard InChI is InChI=1S/C16H23NO/c1-3-5-15-14-9-13(18-2)8-11-6-4-7-12(10-17-15)16(11)14/h8-9,12,15,17H,3-7,10H2,1-2H3. The minimum absolute atomic E-state index is 0.535. The Bertz CT molecular complexity index is 441. The van der Waals surface area contributed by atoms with E-state index in [-0.39, 0.29) is 0 Å². The van der Waals surface area contributed by atoms with Crippen molar-refractivity contribution in [1.82, 2.24) is 5.32 Å². The first-order chi connectivity index (χ1) is 8.83. The highest BCUT2D eigenvalue weighted by atomic mass is 16.5. The molecular formula is C16H23NO. The summed E-state index contributed by atoms with van der Waals surface area (Å²) in [6, 6.07) is 5.07. The minimum Gasteiger partial charge on any atom is -0.497 e. The average Bonchev–Trinajstić information content (AvgIpc) is 2.42. The maximum Gasteiger partial charge on any atom is 0.119 e. The Balaban J connectivity index is 2.08. The summed E-state index contributed by atoms with van der Waals surface area (Å²) in [6.07, 6.45) is 6.36. The van der Waals surface area contributed by atoms with E-state index in [9.17, 15) is 0 Å². The molecule has 0 spiro atoms. The van der Waals surface area contributed by atoms with Gasteiger partial charge in [-0.1, -0.05) is 13.3 Å². The van der Waals surface area contributed by atoms with Gasteiger partial charge in [0.15, 0.2) is 0 Å². The fourth-order valence-electron chi connectivity index (χ4n) is 3.65. The highest BCUT2D eigenvalue weighted by molar-refractivity contribution is 5.48. The number of methoxy groups -OCH3 is 1. The molecule has 2 aliphatic rings. The Hall–Kier alpha value is -1.02. The van der Waals surface area contributed by atoms with Crippen LogP contribution in [0.25, 0.3) is 0 Å². The monoisotopic (exact) mass is 245 g/mol. The van der Waals surface area contributed by atoms with E-state index in [2.05, 4.69) is 24.4 Å². The van der Waals surface area contributed by atoms with Crippen LogP contribution in [0, 0.1) is 0 Å². The SMILES string of the molecule is CCCC1NCC2CCCc3cc(OC)cc1c32. The van der Waals surface area contributed by atoms with Crippen LogP contribution in [0.3, 0.4) is 0 Å². The van der Waals surface area contributed by atoms with Crippen molar-refractivity contribution in [3.05, 3.63) is 28.8 Å². The van der Waals surface area contributed by atoms with Crippen molar-refractivity contribution in [3.8, 4) is 5.75 Å². The van der Waals surface area contributed by atoms with E-state index in [4.69, 9.17) is 4.74 Å². The Morgan fingerprint density at radius 1 is 1.39 bits per heavy atom. The maximum absolute atomic E-state index is 5.48. The number of rotatable bonds is 3. The van der Waals surface area contributed by atoms with Gasteiger partial charge in [0.25, 0.3) is 0 Å². The Morgan fingerprint density at radius 2 is 2.28 bits per heavy atom. The van der Waals surface area contributed by atoms with Crippen LogP contribution in [0.1, 0.15) is 61.3 Å². The molecule has 18 heavy (non-hydrogen) atoms. The van der Waals surface area contributed by atoms with Crippen molar-refractivity contribution < 1.29 is 4.74 Å². The third kappa shape index (κ3) is 1.93. The molecule has 2 atom stereocenters. The fourth-order valence-corrected chi connectivity index (χ4v) is 3.65. The molecule has 98 valence electrons. The fraction of sp³-hybridized carbons (Fsp3) is 0.625. The van der Waals surface area contributed by atoms with E-state index >= 15 is 0 Å². The van der Waals surface area contributed by atoms with Gasteiger partial charge in [-0.3, -0.25) is 0 Å². The van der Waals surface area contributed by atoms with Gasteiger partial charge in [-0.25, -0.2) is 0 Å². The highest BCUT2D eigenvalue weighted by Gasteiger charge is 2.31. The molecule has 1 aliphatic carbocycles. The normalized spacial score (nSPS) is 25.7. The summed E-state index contributed by atoms with van der Waals surface area (Å²) in [5.41, 5.74) is 4.71. The van der Waals surface area contributed by atoms with Crippen molar-refractivity contribution in [2.24, 2.45) is 0 Å². The molecule has 1 aliphatic heterocycles. The van der Waals surface area contributed by atoms with Gasteiger partial charge in [0.1, 0.15) is 5.75 Å². The first-order valence-electron chi connectivity index (χ1n) is 7.27. The van der Waals surface area contributed by atoms with E-state index in [1.54, 1.807) is 18.2 Å². The lowest BCUT2D eigenvalue weighted by molar-refractivity contribution is 0.385. The zero-order valence-corrected chi connectivity index (χ0v) is 11.5. The van der Waals surface area contributed by atoms with Crippen LogP contribution >= 0.6 is 0 Å². The summed E-state index contributed by atoms with van der Waals surface area (Å²) in [6.45, 7) is 3.43. The zero-order valence-electron chi connectivity index (χ0n) is 11.5. The molecule has 2 nitrogen and oxygen atoms in total. The second-order valence-corrected chi connectivity index (χ2v) is 5.63.